The first kappa shape index (κ1) is 16.2. The molecule has 0 atom stereocenters. The SMILES string of the molecule is CCc1noc(C)c1NC(=O)C(=O)NCc1csc2ccccc12. The first-order valence-electron chi connectivity index (χ1n) is 7.59. The van der Waals surface area contributed by atoms with E-state index < -0.39 is 11.8 Å². The summed E-state index contributed by atoms with van der Waals surface area (Å²) < 4.78 is 6.19. The van der Waals surface area contributed by atoms with Crippen molar-refractivity contribution in [2.75, 3.05) is 5.32 Å². The average molecular weight is 343 g/mol. The molecule has 7 heteroatoms. The molecule has 0 radical (unpaired) electrons. The highest BCUT2D eigenvalue weighted by Crippen LogP contribution is 2.25. The van der Waals surface area contributed by atoms with E-state index in [1.165, 1.54) is 0 Å². The minimum absolute atomic E-state index is 0.305. The van der Waals surface area contributed by atoms with Crippen molar-refractivity contribution in [1.82, 2.24) is 10.5 Å². The highest BCUT2D eigenvalue weighted by atomic mass is 32.1. The van der Waals surface area contributed by atoms with Gasteiger partial charge in [-0.1, -0.05) is 30.3 Å². The normalized spacial score (nSPS) is 10.8. The number of nitrogens with one attached hydrogen (secondary N) is 2. The van der Waals surface area contributed by atoms with Crippen LogP contribution in [0.3, 0.4) is 0 Å². The van der Waals surface area contributed by atoms with Gasteiger partial charge in [-0.05, 0) is 35.7 Å². The van der Waals surface area contributed by atoms with Gasteiger partial charge in [-0.3, -0.25) is 9.59 Å². The van der Waals surface area contributed by atoms with Crippen molar-refractivity contribution in [1.29, 1.82) is 0 Å². The number of aryl methyl sites for hydroxylation is 2. The second kappa shape index (κ2) is 6.84. The van der Waals surface area contributed by atoms with Gasteiger partial charge in [-0.25, -0.2) is 0 Å². The van der Waals surface area contributed by atoms with Crippen molar-refractivity contribution in [3.05, 3.63) is 46.7 Å². The number of thiophene rings is 1. The third-order valence-corrected chi connectivity index (χ3v) is 4.73. The Labute approximate surface area is 142 Å². The van der Waals surface area contributed by atoms with E-state index in [2.05, 4.69) is 15.8 Å². The molecule has 124 valence electrons. The molecule has 0 aliphatic heterocycles. The standard InChI is InChI=1S/C17H17N3O3S/c1-3-13-15(10(2)23-20-13)19-17(22)16(21)18-8-11-9-24-14-7-5-4-6-12(11)14/h4-7,9H,3,8H2,1-2H3,(H,18,21)(H,19,22). The van der Waals surface area contributed by atoms with Gasteiger partial charge in [0.05, 0.1) is 0 Å². The van der Waals surface area contributed by atoms with Crippen LogP contribution in [0.25, 0.3) is 10.1 Å². The number of rotatable bonds is 4. The molecule has 24 heavy (non-hydrogen) atoms. The molecular weight excluding hydrogens is 326 g/mol. The van der Waals surface area contributed by atoms with Crippen molar-refractivity contribution < 1.29 is 14.1 Å². The van der Waals surface area contributed by atoms with Gasteiger partial charge in [-0.2, -0.15) is 0 Å². The molecule has 3 rings (SSSR count). The topological polar surface area (TPSA) is 84.2 Å². The van der Waals surface area contributed by atoms with Crippen LogP contribution in [0, 0.1) is 6.92 Å². The summed E-state index contributed by atoms with van der Waals surface area (Å²) in [7, 11) is 0. The molecular formula is C17H17N3O3S. The minimum atomic E-state index is -0.726. The zero-order valence-electron chi connectivity index (χ0n) is 13.4. The number of fused-ring (bicyclic) bond motifs is 1. The Morgan fingerprint density at radius 2 is 2.04 bits per heavy atom. The van der Waals surface area contributed by atoms with E-state index in [4.69, 9.17) is 4.52 Å². The quantitative estimate of drug-likeness (QED) is 0.713. The van der Waals surface area contributed by atoms with Gasteiger partial charge < -0.3 is 15.2 Å². The van der Waals surface area contributed by atoms with E-state index in [0.717, 1.165) is 15.6 Å². The van der Waals surface area contributed by atoms with E-state index in [1.54, 1.807) is 18.3 Å². The third-order valence-electron chi connectivity index (χ3n) is 3.71. The molecule has 0 spiro atoms. The number of amides is 2. The van der Waals surface area contributed by atoms with Crippen LogP contribution in [0.5, 0.6) is 0 Å². The van der Waals surface area contributed by atoms with Crippen LogP contribution in [0.1, 0.15) is 23.9 Å². The van der Waals surface area contributed by atoms with Gasteiger partial charge in [0.15, 0.2) is 5.76 Å². The van der Waals surface area contributed by atoms with Gasteiger partial charge in [0, 0.05) is 11.2 Å². The Kier molecular flexibility index (Phi) is 4.61. The average Bonchev–Trinajstić information content (AvgIpc) is 3.16. The van der Waals surface area contributed by atoms with Gasteiger partial charge in [0.2, 0.25) is 0 Å². The summed E-state index contributed by atoms with van der Waals surface area (Å²) >= 11 is 1.61. The van der Waals surface area contributed by atoms with Crippen molar-refractivity contribution in [3.8, 4) is 0 Å². The second-order valence-corrected chi connectivity index (χ2v) is 6.22. The van der Waals surface area contributed by atoms with Gasteiger partial charge in [0.1, 0.15) is 11.4 Å². The Morgan fingerprint density at radius 3 is 2.83 bits per heavy atom. The number of nitrogens with zero attached hydrogens (tertiary/aromatic N) is 1. The molecule has 0 aliphatic rings. The summed E-state index contributed by atoms with van der Waals surface area (Å²) in [6.45, 7) is 3.89. The van der Waals surface area contributed by atoms with Crippen molar-refractivity contribution >= 4 is 38.9 Å². The third kappa shape index (κ3) is 3.16. The van der Waals surface area contributed by atoms with Gasteiger partial charge in [-0.15, -0.1) is 11.3 Å². The van der Waals surface area contributed by atoms with Crippen LogP contribution in [-0.2, 0) is 22.6 Å². The molecule has 0 fully saturated rings. The Hall–Kier alpha value is -2.67. The molecule has 1 aromatic carbocycles. The fourth-order valence-corrected chi connectivity index (χ4v) is 3.38. The van der Waals surface area contributed by atoms with Crippen molar-refractivity contribution in [3.63, 3.8) is 0 Å². The highest BCUT2D eigenvalue weighted by Gasteiger charge is 2.19. The number of carbonyl (C=O) groups excluding carboxylic acids is 2. The lowest BCUT2D eigenvalue weighted by Crippen LogP contribution is -2.35. The minimum Gasteiger partial charge on any atom is -0.359 e. The zero-order valence-corrected chi connectivity index (χ0v) is 14.2. The van der Waals surface area contributed by atoms with E-state index in [9.17, 15) is 9.59 Å². The number of benzene rings is 1. The summed E-state index contributed by atoms with van der Waals surface area (Å²) in [5.41, 5.74) is 2.09. The summed E-state index contributed by atoms with van der Waals surface area (Å²) in [6, 6.07) is 7.95. The van der Waals surface area contributed by atoms with Crippen molar-refractivity contribution in [2.45, 2.75) is 26.8 Å². The summed E-state index contributed by atoms with van der Waals surface area (Å²) in [5, 5.41) is 12.1. The Morgan fingerprint density at radius 1 is 1.25 bits per heavy atom. The molecule has 2 heterocycles. The lowest BCUT2D eigenvalue weighted by Gasteiger charge is -2.06. The van der Waals surface area contributed by atoms with Crippen LogP contribution in [0.15, 0.2) is 34.2 Å². The smallest absolute Gasteiger partial charge is 0.313 e. The first-order valence-corrected chi connectivity index (χ1v) is 8.47. The molecule has 2 aromatic heterocycles. The van der Waals surface area contributed by atoms with Gasteiger partial charge in [0.25, 0.3) is 0 Å². The number of hydrogen-bond acceptors (Lipinski definition) is 5. The fraction of sp³-hybridized carbons (Fsp3) is 0.235. The molecule has 0 bridgehead atoms. The lowest BCUT2D eigenvalue weighted by atomic mass is 10.2. The van der Waals surface area contributed by atoms with Crippen LogP contribution in [0.2, 0.25) is 0 Å². The molecule has 0 aliphatic carbocycles. The number of hydrogen-bond donors (Lipinski definition) is 2. The molecule has 6 nitrogen and oxygen atoms in total. The predicted molar refractivity (Wildman–Crippen MR) is 92.9 cm³/mol. The first-order chi connectivity index (χ1) is 11.6. The summed E-state index contributed by atoms with van der Waals surface area (Å²) in [6.07, 6.45) is 0.607. The molecule has 2 N–H and O–H groups in total. The largest absolute Gasteiger partial charge is 0.359 e. The van der Waals surface area contributed by atoms with Crippen LogP contribution < -0.4 is 10.6 Å². The molecule has 0 unspecified atom stereocenters. The second-order valence-electron chi connectivity index (χ2n) is 5.31. The van der Waals surface area contributed by atoms with E-state index in [0.29, 0.717) is 30.1 Å². The van der Waals surface area contributed by atoms with E-state index >= 15 is 0 Å². The number of anilines is 1. The van der Waals surface area contributed by atoms with Crippen molar-refractivity contribution in [2.24, 2.45) is 0 Å². The lowest BCUT2D eigenvalue weighted by molar-refractivity contribution is -0.136. The van der Waals surface area contributed by atoms with Crippen LogP contribution >= 0.6 is 11.3 Å². The maximum absolute atomic E-state index is 12.1. The maximum Gasteiger partial charge on any atom is 0.313 e. The Bertz CT molecular complexity index is 898. The van der Waals surface area contributed by atoms with Crippen LogP contribution in [-0.4, -0.2) is 17.0 Å². The molecule has 0 saturated heterocycles. The van der Waals surface area contributed by atoms with E-state index in [1.807, 2.05) is 36.6 Å². The molecule has 2 amide bonds. The summed E-state index contributed by atoms with van der Waals surface area (Å²) in [5.74, 6) is -0.930. The van der Waals surface area contributed by atoms with E-state index in [-0.39, 0.29) is 0 Å². The van der Waals surface area contributed by atoms with Crippen LogP contribution in [0.4, 0.5) is 5.69 Å². The summed E-state index contributed by atoms with van der Waals surface area (Å²) in [4.78, 5) is 24.1. The van der Waals surface area contributed by atoms with Gasteiger partial charge >= 0.3 is 11.8 Å². The maximum atomic E-state index is 12.1. The fourth-order valence-electron chi connectivity index (χ4n) is 2.42. The highest BCUT2D eigenvalue weighted by molar-refractivity contribution is 7.17. The Balaban J connectivity index is 1.64. The molecule has 3 aromatic rings. The predicted octanol–water partition coefficient (Wildman–Crippen LogP) is 3.02. The molecule has 0 saturated carbocycles. The zero-order chi connectivity index (χ0) is 17.1. The number of aromatic nitrogens is 1. The number of carbonyl (C=O) groups is 2. The monoisotopic (exact) mass is 343 g/mol.